The van der Waals surface area contributed by atoms with E-state index in [9.17, 15) is 0 Å². The van der Waals surface area contributed by atoms with Crippen molar-refractivity contribution in [1.82, 2.24) is 25.3 Å². The Morgan fingerprint density at radius 1 is 1.27 bits per heavy atom. The van der Waals surface area contributed by atoms with Gasteiger partial charge in [-0.3, -0.25) is 14.6 Å². The fourth-order valence-electron chi connectivity index (χ4n) is 3.09. The van der Waals surface area contributed by atoms with Gasteiger partial charge in [0.25, 0.3) is 0 Å². The van der Waals surface area contributed by atoms with E-state index < -0.39 is 0 Å². The molecule has 142 valence electrons. The quantitative estimate of drug-likeness (QED) is 0.592. The van der Waals surface area contributed by atoms with Crippen LogP contribution >= 0.6 is 0 Å². The maximum atomic E-state index is 5.91. The monoisotopic (exact) mass is 360 g/mol. The molecule has 1 aliphatic rings. The fourth-order valence-corrected chi connectivity index (χ4v) is 3.09. The van der Waals surface area contributed by atoms with Crippen LogP contribution in [0.5, 0.6) is 0 Å². The molecule has 0 amide bonds. The van der Waals surface area contributed by atoms with E-state index in [1.165, 1.54) is 0 Å². The van der Waals surface area contributed by atoms with Crippen LogP contribution in [0.25, 0.3) is 0 Å². The molecule has 0 bridgehead atoms. The number of nitrogens with zero attached hydrogens (tertiary/aromatic N) is 4. The second kappa shape index (κ2) is 8.86. The topological polar surface area (TPSA) is 79.8 Å². The number of guanidine groups is 1. The lowest BCUT2D eigenvalue weighted by Gasteiger charge is -2.33. The number of hydrogen-bond acceptors (Lipinski definition) is 5. The molecule has 1 fully saturated rings. The zero-order valence-corrected chi connectivity index (χ0v) is 15.7. The van der Waals surface area contributed by atoms with Gasteiger partial charge in [0.15, 0.2) is 5.96 Å². The van der Waals surface area contributed by atoms with Crippen molar-refractivity contribution in [2.75, 3.05) is 39.9 Å². The van der Waals surface area contributed by atoms with Gasteiger partial charge in [-0.2, -0.15) is 5.10 Å². The molecule has 0 saturated carbocycles. The molecule has 1 unspecified atom stereocenters. The van der Waals surface area contributed by atoms with Crippen LogP contribution < -0.4 is 10.6 Å². The van der Waals surface area contributed by atoms with Gasteiger partial charge in [-0.05, 0) is 25.1 Å². The number of aliphatic imine (C=N–C) groups is 1. The van der Waals surface area contributed by atoms with E-state index in [1.807, 2.05) is 30.8 Å². The number of nitrogens with one attached hydrogen (secondary N) is 2. The summed E-state index contributed by atoms with van der Waals surface area (Å²) in [5, 5.41) is 10.9. The van der Waals surface area contributed by atoms with Crippen molar-refractivity contribution in [1.29, 1.82) is 0 Å². The van der Waals surface area contributed by atoms with Crippen molar-refractivity contribution in [3.63, 3.8) is 0 Å². The SMILES string of the molecule is CN=C(NCc1ccnn1C)NCC(c1ccc(C)o1)N1CCOCC1. The summed E-state index contributed by atoms with van der Waals surface area (Å²) >= 11 is 0. The predicted octanol–water partition coefficient (Wildman–Crippen LogP) is 1.06. The Morgan fingerprint density at radius 2 is 2.08 bits per heavy atom. The first-order chi connectivity index (χ1) is 12.7. The Bertz CT molecular complexity index is 717. The third-order valence-corrected chi connectivity index (χ3v) is 4.62. The van der Waals surface area contributed by atoms with Gasteiger partial charge in [-0.1, -0.05) is 0 Å². The van der Waals surface area contributed by atoms with E-state index >= 15 is 0 Å². The lowest BCUT2D eigenvalue weighted by Crippen LogP contribution is -2.46. The summed E-state index contributed by atoms with van der Waals surface area (Å²) in [5.41, 5.74) is 1.10. The molecular formula is C18H28N6O2. The minimum absolute atomic E-state index is 0.142. The minimum atomic E-state index is 0.142. The second-order valence-corrected chi connectivity index (χ2v) is 6.37. The van der Waals surface area contributed by atoms with Gasteiger partial charge in [0, 0.05) is 39.9 Å². The predicted molar refractivity (Wildman–Crippen MR) is 100.0 cm³/mol. The Kier molecular flexibility index (Phi) is 6.30. The first-order valence-electron chi connectivity index (χ1n) is 8.97. The van der Waals surface area contributed by atoms with Crippen LogP contribution in [-0.4, -0.2) is 60.5 Å². The number of hydrogen-bond donors (Lipinski definition) is 2. The molecular weight excluding hydrogens is 332 g/mol. The Labute approximate surface area is 154 Å². The van der Waals surface area contributed by atoms with Crippen molar-refractivity contribution in [3.05, 3.63) is 41.6 Å². The Balaban J connectivity index is 1.61. The van der Waals surface area contributed by atoms with E-state index in [1.54, 1.807) is 13.2 Å². The third kappa shape index (κ3) is 4.64. The normalized spacial score (nSPS) is 17.3. The highest BCUT2D eigenvalue weighted by Gasteiger charge is 2.25. The first-order valence-corrected chi connectivity index (χ1v) is 8.97. The molecule has 8 heteroatoms. The maximum absolute atomic E-state index is 5.91. The van der Waals surface area contributed by atoms with Gasteiger partial charge in [0.1, 0.15) is 11.5 Å². The summed E-state index contributed by atoms with van der Waals surface area (Å²) in [5.74, 6) is 2.66. The highest BCUT2D eigenvalue weighted by molar-refractivity contribution is 5.79. The summed E-state index contributed by atoms with van der Waals surface area (Å²) in [6.07, 6.45) is 1.79. The van der Waals surface area contributed by atoms with Gasteiger partial charge in [-0.15, -0.1) is 0 Å². The molecule has 3 rings (SSSR count). The van der Waals surface area contributed by atoms with Crippen molar-refractivity contribution in [2.45, 2.75) is 19.5 Å². The van der Waals surface area contributed by atoms with E-state index in [2.05, 4.69) is 31.7 Å². The van der Waals surface area contributed by atoms with E-state index in [-0.39, 0.29) is 6.04 Å². The summed E-state index contributed by atoms with van der Waals surface area (Å²) in [6.45, 7) is 6.64. The molecule has 2 aromatic heterocycles. The van der Waals surface area contributed by atoms with Gasteiger partial charge in [-0.25, -0.2) is 0 Å². The standard InChI is InChI=1S/C18H28N6O2/c1-14-4-5-17(26-14)16(24-8-10-25-11-9-24)13-21-18(19-2)20-12-15-6-7-22-23(15)3/h4-7,16H,8-13H2,1-3H3,(H2,19,20,21). The average Bonchev–Trinajstić information content (AvgIpc) is 3.27. The lowest BCUT2D eigenvalue weighted by atomic mass is 10.1. The molecule has 2 N–H and O–H groups in total. The summed E-state index contributed by atoms with van der Waals surface area (Å²) in [6, 6.07) is 6.20. The number of ether oxygens (including phenoxy) is 1. The number of furan rings is 1. The lowest BCUT2D eigenvalue weighted by molar-refractivity contribution is 0.0124. The van der Waals surface area contributed by atoms with Crippen LogP contribution in [-0.2, 0) is 18.3 Å². The van der Waals surface area contributed by atoms with Crippen LogP contribution in [0.3, 0.4) is 0 Å². The summed E-state index contributed by atoms with van der Waals surface area (Å²) in [4.78, 5) is 6.72. The van der Waals surface area contributed by atoms with E-state index in [0.717, 1.165) is 49.5 Å². The molecule has 1 atom stereocenters. The summed E-state index contributed by atoms with van der Waals surface area (Å²) < 4.78 is 13.2. The number of morpholine rings is 1. The van der Waals surface area contributed by atoms with Gasteiger partial charge >= 0.3 is 0 Å². The molecule has 8 nitrogen and oxygen atoms in total. The van der Waals surface area contributed by atoms with Crippen molar-refractivity contribution < 1.29 is 9.15 Å². The molecule has 2 aromatic rings. The van der Waals surface area contributed by atoms with Crippen molar-refractivity contribution >= 4 is 5.96 Å². The van der Waals surface area contributed by atoms with Crippen LogP contribution in [0.15, 0.2) is 33.8 Å². The molecule has 1 aliphatic heterocycles. The zero-order chi connectivity index (χ0) is 18.4. The smallest absolute Gasteiger partial charge is 0.191 e. The van der Waals surface area contributed by atoms with Crippen LogP contribution in [0.2, 0.25) is 0 Å². The zero-order valence-electron chi connectivity index (χ0n) is 15.7. The molecule has 0 spiro atoms. The largest absolute Gasteiger partial charge is 0.465 e. The molecule has 0 aliphatic carbocycles. The van der Waals surface area contributed by atoms with Gasteiger partial charge in [0.05, 0.1) is 31.5 Å². The first kappa shape index (κ1) is 18.5. The Hall–Kier alpha value is -2.32. The number of aryl methyl sites for hydroxylation is 2. The molecule has 3 heterocycles. The maximum Gasteiger partial charge on any atom is 0.191 e. The van der Waals surface area contributed by atoms with Crippen molar-refractivity contribution in [3.8, 4) is 0 Å². The fraction of sp³-hybridized carbons (Fsp3) is 0.556. The van der Waals surface area contributed by atoms with Crippen molar-refractivity contribution in [2.24, 2.45) is 12.0 Å². The van der Waals surface area contributed by atoms with E-state index in [0.29, 0.717) is 13.1 Å². The summed E-state index contributed by atoms with van der Waals surface area (Å²) in [7, 11) is 3.71. The van der Waals surface area contributed by atoms with Crippen LogP contribution in [0.1, 0.15) is 23.3 Å². The van der Waals surface area contributed by atoms with Crippen LogP contribution in [0, 0.1) is 6.92 Å². The third-order valence-electron chi connectivity index (χ3n) is 4.62. The van der Waals surface area contributed by atoms with Crippen LogP contribution in [0.4, 0.5) is 0 Å². The minimum Gasteiger partial charge on any atom is -0.465 e. The molecule has 0 aromatic carbocycles. The molecule has 1 saturated heterocycles. The van der Waals surface area contributed by atoms with Gasteiger partial charge in [0.2, 0.25) is 0 Å². The molecule has 26 heavy (non-hydrogen) atoms. The number of rotatable bonds is 6. The highest BCUT2D eigenvalue weighted by atomic mass is 16.5. The highest BCUT2D eigenvalue weighted by Crippen LogP contribution is 2.23. The number of aromatic nitrogens is 2. The van der Waals surface area contributed by atoms with E-state index in [4.69, 9.17) is 9.15 Å². The second-order valence-electron chi connectivity index (χ2n) is 6.37. The Morgan fingerprint density at radius 3 is 2.69 bits per heavy atom. The average molecular weight is 360 g/mol. The molecule has 0 radical (unpaired) electrons. The van der Waals surface area contributed by atoms with Gasteiger partial charge < -0.3 is 19.8 Å².